The number of fused-ring (bicyclic) bond motifs is 1. The van der Waals surface area contributed by atoms with Crippen molar-refractivity contribution in [1.82, 2.24) is 0 Å². The quantitative estimate of drug-likeness (QED) is 0.412. The van der Waals surface area contributed by atoms with Gasteiger partial charge < -0.3 is 10.2 Å². The van der Waals surface area contributed by atoms with Crippen molar-refractivity contribution in [3.05, 3.63) is 35.4 Å². The molecule has 0 amide bonds. The molecule has 0 N–H and O–H groups in total. The Morgan fingerprint density at radius 3 is 2.00 bits per heavy atom. The molecule has 146 valence electrons. The first kappa shape index (κ1) is 23.1. The molecule has 0 radical (unpaired) electrons. The number of benzene rings is 2. The second-order valence-corrected chi connectivity index (χ2v) is 12.9. The van der Waals surface area contributed by atoms with Crippen LogP contribution >= 0.6 is 0 Å². The van der Waals surface area contributed by atoms with Gasteiger partial charge in [0.1, 0.15) is 0 Å². The number of rotatable bonds is 9. The Morgan fingerprint density at radius 1 is 0.808 bits per heavy atom. The second-order valence-electron chi connectivity index (χ2n) is 7.39. The summed E-state index contributed by atoms with van der Waals surface area (Å²) in [6.45, 7) is 9.21. The summed E-state index contributed by atoms with van der Waals surface area (Å²) >= 11 is 0. The SMILES string of the molecule is CCCCCc1ccc2c([O-])c([O-])ccc2c1C[Si](CC)(CC)CC.[Ni+2]. The molecule has 4 heteroatoms. The largest absolute Gasteiger partial charge is 2.00 e. The molecule has 0 aliphatic carbocycles. The van der Waals surface area contributed by atoms with Gasteiger partial charge in [-0.2, -0.15) is 0 Å². The van der Waals surface area contributed by atoms with Crippen molar-refractivity contribution in [2.24, 2.45) is 0 Å². The van der Waals surface area contributed by atoms with Crippen LogP contribution in [-0.2, 0) is 29.0 Å². The van der Waals surface area contributed by atoms with E-state index in [4.69, 9.17) is 0 Å². The van der Waals surface area contributed by atoms with Crippen molar-refractivity contribution < 1.29 is 26.7 Å². The summed E-state index contributed by atoms with van der Waals surface area (Å²) in [4.78, 5) is 0. The molecular weight excluding hydrogens is 383 g/mol. The van der Waals surface area contributed by atoms with E-state index in [2.05, 4.69) is 33.8 Å². The zero-order chi connectivity index (χ0) is 18.4. The molecule has 0 heterocycles. The topological polar surface area (TPSA) is 46.1 Å². The zero-order valence-electron chi connectivity index (χ0n) is 16.6. The van der Waals surface area contributed by atoms with Crippen molar-refractivity contribution in [2.75, 3.05) is 0 Å². The van der Waals surface area contributed by atoms with Gasteiger partial charge in [-0.05, 0) is 40.8 Å². The minimum absolute atomic E-state index is 0. The molecule has 0 atom stereocenters. The fourth-order valence-corrected chi connectivity index (χ4v) is 7.39. The molecule has 2 aromatic rings. The molecule has 0 unspecified atom stereocenters. The predicted molar refractivity (Wildman–Crippen MR) is 107 cm³/mol. The average Bonchev–Trinajstić information content (AvgIpc) is 2.64. The van der Waals surface area contributed by atoms with Crippen LogP contribution in [0.5, 0.6) is 11.5 Å². The van der Waals surface area contributed by atoms with E-state index in [9.17, 15) is 10.2 Å². The van der Waals surface area contributed by atoms with E-state index in [1.165, 1.54) is 54.6 Å². The van der Waals surface area contributed by atoms with Crippen LogP contribution in [0.4, 0.5) is 0 Å². The van der Waals surface area contributed by atoms with Crippen LogP contribution in [0, 0.1) is 0 Å². The van der Waals surface area contributed by atoms with Gasteiger partial charge in [0.05, 0.1) is 8.07 Å². The van der Waals surface area contributed by atoms with Crippen LogP contribution in [0.25, 0.3) is 10.8 Å². The Balaban J connectivity index is 0.00000338. The second kappa shape index (κ2) is 10.4. The van der Waals surface area contributed by atoms with Crippen LogP contribution in [-0.4, -0.2) is 8.07 Å². The van der Waals surface area contributed by atoms with E-state index in [-0.39, 0.29) is 28.0 Å². The maximum absolute atomic E-state index is 12.3. The van der Waals surface area contributed by atoms with E-state index in [1.807, 2.05) is 12.1 Å². The summed E-state index contributed by atoms with van der Waals surface area (Å²) < 4.78 is 0. The maximum atomic E-state index is 12.3. The molecule has 2 nitrogen and oxygen atoms in total. The molecule has 0 bridgehead atoms. The first-order valence-electron chi connectivity index (χ1n) is 9.93. The zero-order valence-corrected chi connectivity index (χ0v) is 18.6. The van der Waals surface area contributed by atoms with Crippen LogP contribution in [0.3, 0.4) is 0 Å². The third kappa shape index (κ3) is 4.84. The molecule has 0 aliphatic rings. The van der Waals surface area contributed by atoms with Crippen LogP contribution in [0.15, 0.2) is 24.3 Å². The number of hydrogen-bond donors (Lipinski definition) is 0. The Kier molecular flexibility index (Phi) is 9.20. The van der Waals surface area contributed by atoms with Crippen molar-refractivity contribution in [1.29, 1.82) is 0 Å². The molecule has 2 rings (SSSR count). The Morgan fingerprint density at radius 2 is 1.42 bits per heavy atom. The van der Waals surface area contributed by atoms with Gasteiger partial charge in [-0.3, -0.25) is 0 Å². The first-order valence-corrected chi connectivity index (χ1v) is 12.8. The third-order valence-electron chi connectivity index (χ3n) is 6.18. The molecule has 0 aliphatic heterocycles. The number of aryl methyl sites for hydroxylation is 1. The van der Waals surface area contributed by atoms with E-state index >= 15 is 0 Å². The van der Waals surface area contributed by atoms with Crippen molar-refractivity contribution >= 4 is 18.8 Å². The molecule has 0 fully saturated rings. The van der Waals surface area contributed by atoms with Crippen molar-refractivity contribution in [2.45, 2.75) is 77.6 Å². The average molecular weight is 415 g/mol. The number of hydrogen-bond acceptors (Lipinski definition) is 2. The van der Waals surface area contributed by atoms with Gasteiger partial charge in [-0.15, -0.1) is 11.5 Å². The standard InChI is InChI=1S/C22H34O2Si.Ni/c1-5-9-10-11-17-12-13-19-18(14-15-21(23)22(19)24)20(17)16-25(6-2,7-3)8-4;/h12-15,23-24H,5-11,16H2,1-4H3;/q;+2/p-2. The van der Waals surface area contributed by atoms with E-state index in [0.29, 0.717) is 5.39 Å². The minimum atomic E-state index is -1.37. The van der Waals surface area contributed by atoms with E-state index < -0.39 is 8.07 Å². The fraction of sp³-hybridized carbons (Fsp3) is 0.545. The van der Waals surface area contributed by atoms with Crippen molar-refractivity contribution in [3.63, 3.8) is 0 Å². The predicted octanol–water partition coefficient (Wildman–Crippen LogP) is 5.31. The Bertz CT molecular complexity index is 703. The van der Waals surface area contributed by atoms with E-state index in [1.54, 1.807) is 0 Å². The molecule has 26 heavy (non-hydrogen) atoms. The molecule has 0 aromatic heterocycles. The fourth-order valence-electron chi connectivity index (χ4n) is 3.97. The first-order chi connectivity index (χ1) is 12.0. The summed E-state index contributed by atoms with van der Waals surface area (Å²) in [6.07, 6.45) is 4.72. The van der Waals surface area contributed by atoms with Gasteiger partial charge >= 0.3 is 16.5 Å². The maximum Gasteiger partial charge on any atom is 2.00 e. The van der Waals surface area contributed by atoms with Gasteiger partial charge in [0, 0.05) is 0 Å². The van der Waals surface area contributed by atoms with Gasteiger partial charge in [0.15, 0.2) is 0 Å². The minimum Gasteiger partial charge on any atom is -0.873 e. The van der Waals surface area contributed by atoms with Crippen LogP contribution in [0.1, 0.15) is 58.1 Å². The summed E-state index contributed by atoms with van der Waals surface area (Å²) in [6, 6.07) is 12.3. The third-order valence-corrected chi connectivity index (χ3v) is 11.8. The summed E-state index contributed by atoms with van der Waals surface area (Å²) in [7, 11) is -1.37. The van der Waals surface area contributed by atoms with Gasteiger partial charge in [-0.25, -0.2) is 0 Å². The molecule has 0 saturated heterocycles. The smallest absolute Gasteiger partial charge is 0.873 e. The number of unbranched alkanes of at least 4 members (excludes halogenated alkanes) is 2. The van der Waals surface area contributed by atoms with E-state index in [0.717, 1.165) is 17.9 Å². The normalized spacial score (nSPS) is 11.5. The van der Waals surface area contributed by atoms with Crippen LogP contribution < -0.4 is 10.2 Å². The summed E-state index contributed by atoms with van der Waals surface area (Å²) in [5.74, 6) is -0.724. The Labute approximate surface area is 170 Å². The van der Waals surface area contributed by atoms with Crippen molar-refractivity contribution in [3.8, 4) is 11.5 Å². The molecule has 0 saturated carbocycles. The molecule has 2 aromatic carbocycles. The summed E-state index contributed by atoms with van der Waals surface area (Å²) in [5, 5.41) is 25.8. The van der Waals surface area contributed by atoms with Crippen LogP contribution in [0.2, 0.25) is 18.1 Å². The van der Waals surface area contributed by atoms with Gasteiger partial charge in [0.25, 0.3) is 0 Å². The molecular formula is C22H32NiO2Si. The summed E-state index contributed by atoms with van der Waals surface area (Å²) in [5.41, 5.74) is 2.76. The van der Waals surface area contributed by atoms with Gasteiger partial charge in [0.2, 0.25) is 0 Å². The van der Waals surface area contributed by atoms with Gasteiger partial charge in [-0.1, -0.05) is 82.9 Å². The monoisotopic (exact) mass is 414 g/mol. The Hall–Kier alpha value is -0.990. The molecule has 0 spiro atoms.